The number of hydrogen-bond donors (Lipinski definition) is 4. The van der Waals surface area contributed by atoms with Crippen LogP contribution in [0.5, 0.6) is 0 Å². The van der Waals surface area contributed by atoms with E-state index in [1.54, 1.807) is 13.8 Å². The lowest BCUT2D eigenvalue weighted by atomic mass is 9.59. The van der Waals surface area contributed by atoms with Gasteiger partial charge in [-0.25, -0.2) is 0 Å². The summed E-state index contributed by atoms with van der Waals surface area (Å²) in [4.78, 5) is 12.2. The molecule has 0 heterocycles. The zero-order valence-electron chi connectivity index (χ0n) is 20.9. The molecule has 3 aliphatic carbocycles. The number of aliphatic hydroxyl groups is 3. The van der Waals surface area contributed by atoms with Gasteiger partial charge >= 0.3 is 5.97 Å². The maximum atomic E-state index is 12.2. The number of carbonyl (C=O) groups is 1. The molecule has 3 rings (SSSR count). The number of aliphatic carboxylic acids is 1. The van der Waals surface area contributed by atoms with Gasteiger partial charge in [0.1, 0.15) is 0 Å². The van der Waals surface area contributed by atoms with E-state index in [1.807, 2.05) is 0 Å². The molecule has 2 unspecified atom stereocenters. The fourth-order valence-corrected chi connectivity index (χ4v) is 7.01. The third-order valence-corrected chi connectivity index (χ3v) is 8.96. The van der Waals surface area contributed by atoms with Crippen molar-refractivity contribution in [3.8, 4) is 0 Å². The average Bonchev–Trinajstić information content (AvgIpc) is 3.06. The first-order chi connectivity index (χ1) is 15.3. The molecule has 0 bridgehead atoms. The third-order valence-electron chi connectivity index (χ3n) is 8.96. The molecule has 7 atom stereocenters. The van der Waals surface area contributed by atoms with Crippen LogP contribution >= 0.6 is 0 Å². The Bertz CT molecular complexity index is 804. The smallest absolute Gasteiger partial charge is 0.306 e. The van der Waals surface area contributed by atoms with Gasteiger partial charge in [-0.15, -0.1) is 0 Å². The molecule has 3 fully saturated rings. The summed E-state index contributed by atoms with van der Waals surface area (Å²) >= 11 is 0. The normalized spacial score (nSPS) is 37.2. The first-order valence-electron chi connectivity index (χ1n) is 12.7. The molecule has 5 heteroatoms. The average molecular weight is 461 g/mol. The topological polar surface area (TPSA) is 98.0 Å². The van der Waals surface area contributed by atoms with Crippen molar-refractivity contribution in [2.45, 2.75) is 103 Å². The van der Waals surface area contributed by atoms with E-state index in [1.165, 1.54) is 5.57 Å². The van der Waals surface area contributed by atoms with Crippen LogP contribution in [0.15, 0.2) is 35.5 Å². The maximum absolute atomic E-state index is 12.2. The van der Waals surface area contributed by atoms with E-state index in [9.17, 15) is 25.2 Å². The quantitative estimate of drug-likeness (QED) is 0.428. The van der Waals surface area contributed by atoms with E-state index < -0.39 is 29.7 Å². The van der Waals surface area contributed by atoms with Gasteiger partial charge in [0.05, 0.1) is 23.7 Å². The monoisotopic (exact) mass is 460 g/mol. The minimum atomic E-state index is -0.853. The predicted octanol–water partition coefficient (Wildman–Crippen LogP) is 5.02. The summed E-state index contributed by atoms with van der Waals surface area (Å²) in [7, 11) is 0. The molecule has 3 aliphatic rings. The van der Waals surface area contributed by atoms with E-state index in [-0.39, 0.29) is 11.3 Å². The van der Waals surface area contributed by atoms with E-state index in [0.29, 0.717) is 43.1 Å². The lowest BCUT2D eigenvalue weighted by molar-refractivity contribution is -0.145. The van der Waals surface area contributed by atoms with Gasteiger partial charge in [0.2, 0.25) is 0 Å². The van der Waals surface area contributed by atoms with Crippen LogP contribution in [0, 0.1) is 29.1 Å². The van der Waals surface area contributed by atoms with Crippen LogP contribution < -0.4 is 0 Å². The van der Waals surface area contributed by atoms with Gasteiger partial charge < -0.3 is 20.4 Å². The summed E-state index contributed by atoms with van der Waals surface area (Å²) in [5.74, 6) is -0.355. The van der Waals surface area contributed by atoms with Gasteiger partial charge in [-0.3, -0.25) is 4.79 Å². The van der Waals surface area contributed by atoms with Crippen molar-refractivity contribution in [3.05, 3.63) is 35.5 Å². The molecular formula is C28H44O5. The Morgan fingerprint density at radius 2 is 1.97 bits per heavy atom. The van der Waals surface area contributed by atoms with Crippen LogP contribution in [0.3, 0.4) is 0 Å². The molecule has 33 heavy (non-hydrogen) atoms. The second kappa shape index (κ2) is 10.1. The molecule has 0 saturated heterocycles. The largest absolute Gasteiger partial charge is 0.481 e. The summed E-state index contributed by atoms with van der Waals surface area (Å²) in [5, 5.41) is 40.3. The summed E-state index contributed by atoms with van der Waals surface area (Å²) in [6.07, 6.45) is 10.3. The molecule has 0 aromatic heterocycles. The van der Waals surface area contributed by atoms with Crippen LogP contribution in [0.25, 0.3) is 0 Å². The minimum absolute atomic E-state index is 0.0565. The number of allylic oxidation sites excluding steroid dienone is 3. The Hall–Kier alpha value is -1.43. The molecule has 4 N–H and O–H groups in total. The fraction of sp³-hybridized carbons (Fsp3) is 0.750. The van der Waals surface area contributed by atoms with E-state index in [4.69, 9.17) is 0 Å². The molecule has 0 aromatic rings. The number of hydrogen-bond acceptors (Lipinski definition) is 4. The Kier molecular flexibility index (Phi) is 7.97. The molecule has 5 nitrogen and oxygen atoms in total. The molecule has 0 spiro atoms. The van der Waals surface area contributed by atoms with Gasteiger partial charge in [0.25, 0.3) is 0 Å². The molecule has 0 aliphatic heterocycles. The van der Waals surface area contributed by atoms with Crippen molar-refractivity contribution in [3.63, 3.8) is 0 Å². The Morgan fingerprint density at radius 1 is 1.27 bits per heavy atom. The first kappa shape index (κ1) is 26.2. The number of aliphatic hydroxyl groups excluding tert-OH is 2. The first-order valence-corrected chi connectivity index (χ1v) is 12.7. The fourth-order valence-electron chi connectivity index (χ4n) is 7.01. The third kappa shape index (κ3) is 5.80. The lowest BCUT2D eigenvalue weighted by Crippen LogP contribution is -2.39. The van der Waals surface area contributed by atoms with Gasteiger partial charge in [0.15, 0.2) is 0 Å². The molecule has 0 radical (unpaired) electrons. The number of rotatable bonds is 7. The van der Waals surface area contributed by atoms with Crippen LogP contribution in [-0.4, -0.2) is 44.2 Å². The lowest BCUT2D eigenvalue weighted by Gasteiger charge is -2.45. The predicted molar refractivity (Wildman–Crippen MR) is 131 cm³/mol. The van der Waals surface area contributed by atoms with E-state index in [2.05, 4.69) is 32.6 Å². The summed E-state index contributed by atoms with van der Waals surface area (Å²) in [5.41, 5.74) is 2.28. The molecule has 186 valence electrons. The van der Waals surface area contributed by atoms with Gasteiger partial charge in [-0.2, -0.15) is 0 Å². The Labute approximate surface area is 199 Å². The standard InChI is InChI=1S/C28H44O5/c1-17-20(15-21(29)16-25(17)30)9-8-19-7-6-13-28(5)23(10-11-24(19)28)18(2)22(26(31)32)12-14-27(3,4)33/h8-9,18,21-25,29-30,33H,1,6-7,10-16H2,2-5H3,(H,31,32)/b19-8?,20-9-/t18-,21-,22?,23-,24?,25-,28-/m1/s1. The molecule has 3 saturated carbocycles. The van der Waals surface area contributed by atoms with Crippen molar-refractivity contribution in [2.75, 3.05) is 0 Å². The SMILES string of the molecule is C=C1/C(=C\C=C2CCC[C@@]3(C)C2CC[C@@H]3[C@H](C)C(CCC(C)(C)O)C(=O)O)C[C@@H](O)C[C@H]1O. The maximum Gasteiger partial charge on any atom is 0.306 e. The van der Waals surface area contributed by atoms with Gasteiger partial charge in [-0.1, -0.05) is 38.2 Å². The van der Waals surface area contributed by atoms with E-state index in [0.717, 1.165) is 37.7 Å². The highest BCUT2D eigenvalue weighted by atomic mass is 16.4. The Balaban J connectivity index is 1.80. The van der Waals surface area contributed by atoms with Crippen molar-refractivity contribution in [1.82, 2.24) is 0 Å². The molecule has 0 amide bonds. The second-order valence-corrected chi connectivity index (χ2v) is 11.8. The van der Waals surface area contributed by atoms with Crippen molar-refractivity contribution >= 4 is 5.97 Å². The van der Waals surface area contributed by atoms with Crippen LogP contribution in [-0.2, 0) is 4.79 Å². The number of carboxylic acids is 1. The molecular weight excluding hydrogens is 416 g/mol. The van der Waals surface area contributed by atoms with Crippen LogP contribution in [0.4, 0.5) is 0 Å². The summed E-state index contributed by atoms with van der Waals surface area (Å²) in [6.45, 7) is 12.0. The van der Waals surface area contributed by atoms with E-state index >= 15 is 0 Å². The number of carboxylic acid groups (broad SMARTS) is 1. The van der Waals surface area contributed by atoms with Crippen molar-refractivity contribution in [2.24, 2.45) is 29.1 Å². The van der Waals surface area contributed by atoms with Crippen LogP contribution in [0.1, 0.15) is 85.5 Å². The van der Waals surface area contributed by atoms with Crippen molar-refractivity contribution in [1.29, 1.82) is 0 Å². The van der Waals surface area contributed by atoms with Gasteiger partial charge in [0, 0.05) is 6.42 Å². The second-order valence-electron chi connectivity index (χ2n) is 11.8. The van der Waals surface area contributed by atoms with Crippen LogP contribution in [0.2, 0.25) is 0 Å². The summed E-state index contributed by atoms with van der Waals surface area (Å²) in [6, 6.07) is 0. The zero-order valence-corrected chi connectivity index (χ0v) is 20.9. The highest BCUT2D eigenvalue weighted by molar-refractivity contribution is 5.70. The zero-order chi connectivity index (χ0) is 24.6. The van der Waals surface area contributed by atoms with Crippen molar-refractivity contribution < 1.29 is 25.2 Å². The summed E-state index contributed by atoms with van der Waals surface area (Å²) < 4.78 is 0. The number of fused-ring (bicyclic) bond motifs is 1. The highest BCUT2D eigenvalue weighted by Crippen LogP contribution is 2.60. The Morgan fingerprint density at radius 3 is 2.61 bits per heavy atom. The van der Waals surface area contributed by atoms with Gasteiger partial charge in [-0.05, 0) is 99.5 Å². The molecule has 0 aromatic carbocycles. The highest BCUT2D eigenvalue weighted by Gasteiger charge is 2.52. The minimum Gasteiger partial charge on any atom is -0.481 e.